The van der Waals surface area contributed by atoms with E-state index in [1.807, 2.05) is 13.8 Å². The van der Waals surface area contributed by atoms with Crippen LogP contribution < -0.4 is 5.32 Å². The van der Waals surface area contributed by atoms with Crippen molar-refractivity contribution in [2.75, 3.05) is 12.3 Å². The summed E-state index contributed by atoms with van der Waals surface area (Å²) < 4.78 is 0. The van der Waals surface area contributed by atoms with Gasteiger partial charge in [0.1, 0.15) is 0 Å². The number of hydrogen-bond donors (Lipinski definition) is 2. The highest BCUT2D eigenvalue weighted by atomic mass is 32.2. The first-order valence-corrected chi connectivity index (χ1v) is 4.21. The Hall–Kier alpha value is 0.270. The van der Waals surface area contributed by atoms with E-state index in [0.29, 0.717) is 0 Å². The van der Waals surface area contributed by atoms with Crippen LogP contribution in [0.25, 0.3) is 0 Å². The Morgan fingerprint density at radius 1 is 1.78 bits per heavy atom. The zero-order valence-electron chi connectivity index (χ0n) is 5.85. The monoisotopic (exact) mass is 147 g/mol. The molecule has 0 bridgehead atoms. The van der Waals surface area contributed by atoms with Gasteiger partial charge in [-0.25, -0.2) is 0 Å². The molecule has 0 spiro atoms. The first-order chi connectivity index (χ1) is 4.15. The molecule has 2 atom stereocenters. The fraction of sp³-hybridized carbons (Fsp3) is 1.00. The third-order valence-corrected chi connectivity index (χ3v) is 3.27. The van der Waals surface area contributed by atoms with Crippen molar-refractivity contribution in [3.63, 3.8) is 0 Å². The Labute approximate surface area is 60.0 Å². The quantitative estimate of drug-likeness (QED) is 0.564. The maximum Gasteiger partial charge on any atom is 0.0876 e. The van der Waals surface area contributed by atoms with Gasteiger partial charge in [0.15, 0.2) is 0 Å². The topological polar surface area (TPSA) is 32.3 Å². The molecule has 0 aliphatic carbocycles. The molecule has 1 rings (SSSR count). The summed E-state index contributed by atoms with van der Waals surface area (Å²) in [4.78, 5) is -0.0833. The number of thioether (sulfide) groups is 1. The third-order valence-electron chi connectivity index (χ3n) is 1.78. The predicted molar refractivity (Wildman–Crippen MR) is 40.5 cm³/mol. The van der Waals surface area contributed by atoms with Gasteiger partial charge in [-0.3, -0.25) is 0 Å². The Bertz CT molecular complexity index is 99.2. The van der Waals surface area contributed by atoms with Crippen LogP contribution in [-0.4, -0.2) is 28.4 Å². The first-order valence-electron chi connectivity index (χ1n) is 3.22. The van der Waals surface area contributed by atoms with E-state index in [2.05, 4.69) is 5.32 Å². The molecule has 1 fully saturated rings. The second kappa shape index (κ2) is 2.48. The number of aliphatic hydroxyl groups excluding tert-OH is 1. The Morgan fingerprint density at radius 2 is 2.44 bits per heavy atom. The van der Waals surface area contributed by atoms with Crippen LogP contribution in [0.3, 0.4) is 0 Å². The van der Waals surface area contributed by atoms with Crippen LogP contribution in [0, 0.1) is 0 Å². The van der Waals surface area contributed by atoms with Gasteiger partial charge in [0.2, 0.25) is 0 Å². The maximum absolute atomic E-state index is 9.23. The molecule has 0 aromatic carbocycles. The number of aliphatic hydroxyl groups is 1. The van der Waals surface area contributed by atoms with Crippen LogP contribution in [0.2, 0.25) is 0 Å². The van der Waals surface area contributed by atoms with Gasteiger partial charge in [0.05, 0.1) is 11.0 Å². The largest absolute Gasteiger partial charge is 0.391 e. The molecule has 2 nitrogen and oxygen atoms in total. The van der Waals surface area contributed by atoms with E-state index in [-0.39, 0.29) is 11.0 Å². The zero-order chi connectivity index (χ0) is 6.91. The normalized spacial score (nSPS) is 39.0. The predicted octanol–water partition coefficient (Wildman–Crippen LogP) is 0.420. The molecule has 2 N–H and O–H groups in total. The van der Waals surface area contributed by atoms with E-state index in [1.54, 1.807) is 11.8 Å². The standard InChI is InChI=1S/C6H13NOS/c1-5(8)6(2)7-3-4-9-6/h5,7-8H,3-4H2,1-2H3. The SMILES string of the molecule is CC(O)C1(C)NCCS1. The van der Waals surface area contributed by atoms with Gasteiger partial charge < -0.3 is 10.4 Å². The Morgan fingerprint density at radius 3 is 2.67 bits per heavy atom. The maximum atomic E-state index is 9.23. The van der Waals surface area contributed by atoms with Crippen LogP contribution >= 0.6 is 11.8 Å². The molecule has 54 valence electrons. The van der Waals surface area contributed by atoms with E-state index in [1.165, 1.54) is 0 Å². The van der Waals surface area contributed by atoms with Gasteiger partial charge in [-0.2, -0.15) is 0 Å². The van der Waals surface area contributed by atoms with Crippen molar-refractivity contribution in [3.05, 3.63) is 0 Å². The van der Waals surface area contributed by atoms with Gasteiger partial charge in [-0.1, -0.05) is 0 Å². The van der Waals surface area contributed by atoms with E-state index >= 15 is 0 Å². The Balaban J connectivity index is 2.51. The molecule has 1 saturated heterocycles. The second-order valence-electron chi connectivity index (χ2n) is 2.56. The molecular formula is C6H13NOS. The lowest BCUT2D eigenvalue weighted by Crippen LogP contribution is -2.43. The van der Waals surface area contributed by atoms with Crippen molar-refractivity contribution in [1.82, 2.24) is 5.32 Å². The molecule has 0 aromatic heterocycles. The molecule has 0 amide bonds. The average molecular weight is 147 g/mol. The summed E-state index contributed by atoms with van der Waals surface area (Å²) in [6.07, 6.45) is -0.259. The molecular weight excluding hydrogens is 134 g/mol. The fourth-order valence-corrected chi connectivity index (χ4v) is 1.96. The van der Waals surface area contributed by atoms with E-state index in [4.69, 9.17) is 0 Å². The summed E-state index contributed by atoms with van der Waals surface area (Å²) in [5, 5.41) is 12.5. The fourth-order valence-electron chi connectivity index (χ4n) is 0.882. The molecule has 9 heavy (non-hydrogen) atoms. The van der Waals surface area contributed by atoms with Crippen molar-refractivity contribution in [2.45, 2.75) is 24.8 Å². The number of nitrogens with one attached hydrogen (secondary N) is 1. The van der Waals surface area contributed by atoms with Crippen molar-refractivity contribution in [1.29, 1.82) is 0 Å². The van der Waals surface area contributed by atoms with Gasteiger partial charge in [-0.15, -0.1) is 11.8 Å². The van der Waals surface area contributed by atoms with Gasteiger partial charge in [0.25, 0.3) is 0 Å². The highest BCUT2D eigenvalue weighted by Gasteiger charge is 2.33. The molecule has 1 heterocycles. The highest BCUT2D eigenvalue weighted by molar-refractivity contribution is 8.00. The molecule has 0 radical (unpaired) electrons. The van der Waals surface area contributed by atoms with Crippen LogP contribution in [-0.2, 0) is 0 Å². The molecule has 0 saturated carbocycles. The first kappa shape index (κ1) is 7.38. The minimum atomic E-state index is -0.259. The average Bonchev–Trinajstić information content (AvgIpc) is 2.16. The van der Waals surface area contributed by atoms with E-state index in [0.717, 1.165) is 12.3 Å². The zero-order valence-corrected chi connectivity index (χ0v) is 6.66. The summed E-state index contributed by atoms with van der Waals surface area (Å²) in [5.41, 5.74) is 0. The lowest BCUT2D eigenvalue weighted by Gasteiger charge is -2.26. The van der Waals surface area contributed by atoms with Crippen molar-refractivity contribution < 1.29 is 5.11 Å². The molecule has 3 heteroatoms. The van der Waals surface area contributed by atoms with Crippen molar-refractivity contribution in [3.8, 4) is 0 Å². The van der Waals surface area contributed by atoms with Crippen molar-refractivity contribution >= 4 is 11.8 Å². The van der Waals surface area contributed by atoms with Crippen LogP contribution in [0.5, 0.6) is 0 Å². The van der Waals surface area contributed by atoms with E-state index < -0.39 is 0 Å². The van der Waals surface area contributed by atoms with Gasteiger partial charge in [0, 0.05) is 12.3 Å². The lowest BCUT2D eigenvalue weighted by atomic mass is 10.2. The molecule has 1 aliphatic heterocycles. The smallest absolute Gasteiger partial charge is 0.0876 e. The number of hydrogen-bond acceptors (Lipinski definition) is 3. The summed E-state index contributed by atoms with van der Waals surface area (Å²) in [6.45, 7) is 4.88. The van der Waals surface area contributed by atoms with Crippen LogP contribution in [0.1, 0.15) is 13.8 Å². The number of rotatable bonds is 1. The summed E-state index contributed by atoms with van der Waals surface area (Å²) in [7, 11) is 0. The van der Waals surface area contributed by atoms with Crippen molar-refractivity contribution in [2.24, 2.45) is 0 Å². The summed E-state index contributed by atoms with van der Waals surface area (Å²) >= 11 is 1.79. The lowest BCUT2D eigenvalue weighted by molar-refractivity contribution is 0.141. The second-order valence-corrected chi connectivity index (χ2v) is 4.10. The van der Waals surface area contributed by atoms with Crippen LogP contribution in [0.4, 0.5) is 0 Å². The van der Waals surface area contributed by atoms with Gasteiger partial charge >= 0.3 is 0 Å². The summed E-state index contributed by atoms with van der Waals surface area (Å²) in [5.74, 6) is 1.11. The minimum Gasteiger partial charge on any atom is -0.391 e. The minimum absolute atomic E-state index is 0.0833. The van der Waals surface area contributed by atoms with E-state index in [9.17, 15) is 5.11 Å². The highest BCUT2D eigenvalue weighted by Crippen LogP contribution is 2.29. The van der Waals surface area contributed by atoms with Crippen LogP contribution in [0.15, 0.2) is 0 Å². The Kier molecular flexibility index (Phi) is 2.03. The molecule has 1 aliphatic rings. The molecule has 0 aromatic rings. The van der Waals surface area contributed by atoms with Gasteiger partial charge in [-0.05, 0) is 13.8 Å². The summed E-state index contributed by atoms with van der Waals surface area (Å²) in [6, 6.07) is 0. The third kappa shape index (κ3) is 1.39. The molecule has 2 unspecified atom stereocenters.